The third-order valence-electron chi connectivity index (χ3n) is 4.73. The van der Waals surface area contributed by atoms with Gasteiger partial charge in [-0.1, -0.05) is 24.8 Å². The molecule has 3 heterocycles. The maximum absolute atomic E-state index is 14.0. The van der Waals surface area contributed by atoms with Crippen molar-refractivity contribution in [1.82, 2.24) is 19.5 Å². The van der Waals surface area contributed by atoms with E-state index >= 15 is 0 Å². The number of halogens is 1. The molecule has 7 nitrogen and oxygen atoms in total. The molecule has 0 saturated heterocycles. The Morgan fingerprint density at radius 2 is 2.14 bits per heavy atom. The molecule has 152 valence electrons. The molecule has 0 N–H and O–H groups in total. The van der Waals surface area contributed by atoms with E-state index in [2.05, 4.69) is 6.92 Å². The Bertz CT molecular complexity index is 1070. The largest absolute Gasteiger partial charge is 0.498 e. The van der Waals surface area contributed by atoms with Gasteiger partial charge in [-0.2, -0.15) is 0 Å². The molecule has 2 aromatic heterocycles. The summed E-state index contributed by atoms with van der Waals surface area (Å²) in [6, 6.07) is 4.96. The van der Waals surface area contributed by atoms with Crippen molar-refractivity contribution in [1.29, 1.82) is 0 Å². The molecule has 1 aliphatic rings. The number of thioether (sulfide) groups is 1. The van der Waals surface area contributed by atoms with Crippen LogP contribution in [-0.2, 0) is 24.0 Å². The van der Waals surface area contributed by atoms with Gasteiger partial charge in [-0.05, 0) is 17.7 Å². The molecule has 9 heteroatoms. The smallest absolute Gasteiger partial charge is 0.191 e. The SMILES string of the molecule is CCc1nc2c(N3C=COCC3)nc(SCc3ccc(OC)c(F)c3)nc2n1C. The van der Waals surface area contributed by atoms with Crippen LogP contribution in [0.1, 0.15) is 18.3 Å². The molecular weight excluding hydrogens is 393 g/mol. The van der Waals surface area contributed by atoms with Gasteiger partial charge in [0, 0.05) is 25.4 Å². The first-order valence-corrected chi connectivity index (χ1v) is 10.3. The Balaban J connectivity index is 1.68. The van der Waals surface area contributed by atoms with Crippen LogP contribution in [-0.4, -0.2) is 39.8 Å². The lowest BCUT2D eigenvalue weighted by Gasteiger charge is -2.22. The highest BCUT2D eigenvalue weighted by Crippen LogP contribution is 2.30. The Morgan fingerprint density at radius 3 is 2.83 bits per heavy atom. The van der Waals surface area contributed by atoms with E-state index in [4.69, 9.17) is 24.4 Å². The van der Waals surface area contributed by atoms with E-state index in [1.54, 1.807) is 12.3 Å². The van der Waals surface area contributed by atoms with Crippen molar-refractivity contribution >= 4 is 28.7 Å². The third-order valence-corrected chi connectivity index (χ3v) is 5.65. The monoisotopic (exact) mass is 415 g/mol. The van der Waals surface area contributed by atoms with Crippen LogP contribution in [0.25, 0.3) is 11.2 Å². The van der Waals surface area contributed by atoms with E-state index in [0.29, 0.717) is 24.1 Å². The molecule has 0 atom stereocenters. The number of ether oxygens (including phenoxy) is 2. The van der Waals surface area contributed by atoms with E-state index in [-0.39, 0.29) is 11.6 Å². The quantitative estimate of drug-likeness (QED) is 0.449. The molecule has 4 rings (SSSR count). The van der Waals surface area contributed by atoms with Crippen molar-refractivity contribution in [3.05, 3.63) is 47.9 Å². The highest BCUT2D eigenvalue weighted by Gasteiger charge is 2.20. The number of imidazole rings is 1. The predicted molar refractivity (Wildman–Crippen MR) is 111 cm³/mol. The maximum Gasteiger partial charge on any atom is 0.191 e. The first-order chi connectivity index (χ1) is 14.1. The zero-order valence-corrected chi connectivity index (χ0v) is 17.4. The molecule has 0 unspecified atom stereocenters. The molecule has 1 aliphatic heterocycles. The normalized spacial score (nSPS) is 13.7. The highest BCUT2D eigenvalue weighted by atomic mass is 32.2. The maximum atomic E-state index is 14.0. The second-order valence-electron chi connectivity index (χ2n) is 6.55. The summed E-state index contributed by atoms with van der Waals surface area (Å²) in [5.74, 6) is 2.11. The first-order valence-electron chi connectivity index (χ1n) is 9.34. The summed E-state index contributed by atoms with van der Waals surface area (Å²) < 4.78 is 26.3. The number of anilines is 1. The molecule has 0 spiro atoms. The summed E-state index contributed by atoms with van der Waals surface area (Å²) in [5, 5.41) is 0.620. The van der Waals surface area contributed by atoms with E-state index in [1.165, 1.54) is 24.9 Å². The summed E-state index contributed by atoms with van der Waals surface area (Å²) in [6.45, 7) is 3.34. The Morgan fingerprint density at radius 1 is 1.28 bits per heavy atom. The molecule has 3 aromatic rings. The minimum Gasteiger partial charge on any atom is -0.498 e. The average molecular weight is 415 g/mol. The summed E-state index contributed by atoms with van der Waals surface area (Å²) in [5.41, 5.74) is 2.40. The van der Waals surface area contributed by atoms with Crippen molar-refractivity contribution in [2.75, 3.05) is 25.2 Å². The molecule has 0 saturated carbocycles. The second-order valence-corrected chi connectivity index (χ2v) is 7.49. The zero-order valence-electron chi connectivity index (χ0n) is 16.6. The predicted octanol–water partition coefficient (Wildman–Crippen LogP) is 3.67. The van der Waals surface area contributed by atoms with Crippen LogP contribution in [0.15, 0.2) is 35.8 Å². The molecule has 29 heavy (non-hydrogen) atoms. The molecule has 0 bridgehead atoms. The van der Waals surface area contributed by atoms with Gasteiger partial charge in [0.25, 0.3) is 0 Å². The van der Waals surface area contributed by atoms with Crippen molar-refractivity contribution in [3.8, 4) is 5.75 Å². The minimum atomic E-state index is -0.375. The standard InChI is InChI=1S/C20H22FN5O2S/c1-4-16-22-17-18(25(16)2)23-20(24-19(17)26-7-9-28-10-8-26)29-12-13-5-6-15(27-3)14(21)11-13/h5-7,9,11H,4,8,10,12H2,1-3H3. The lowest BCUT2D eigenvalue weighted by Crippen LogP contribution is -2.25. The number of nitrogens with zero attached hydrogens (tertiary/aromatic N) is 5. The number of fused-ring (bicyclic) bond motifs is 1. The summed E-state index contributed by atoms with van der Waals surface area (Å²) in [4.78, 5) is 16.3. The Labute approximate surface area is 172 Å². The average Bonchev–Trinajstić information content (AvgIpc) is 3.08. The summed E-state index contributed by atoms with van der Waals surface area (Å²) >= 11 is 1.46. The van der Waals surface area contributed by atoms with Crippen LogP contribution < -0.4 is 9.64 Å². The van der Waals surface area contributed by atoms with Crippen LogP contribution in [0.3, 0.4) is 0 Å². The summed E-state index contributed by atoms with van der Waals surface area (Å²) in [7, 11) is 3.42. The zero-order chi connectivity index (χ0) is 20.4. The topological polar surface area (TPSA) is 65.3 Å². The minimum absolute atomic E-state index is 0.236. The van der Waals surface area contributed by atoms with Crippen molar-refractivity contribution < 1.29 is 13.9 Å². The van der Waals surface area contributed by atoms with Gasteiger partial charge in [0.05, 0.1) is 19.9 Å². The third kappa shape index (κ3) is 3.87. The van der Waals surface area contributed by atoms with E-state index in [1.807, 2.05) is 28.8 Å². The number of methoxy groups -OCH3 is 1. The van der Waals surface area contributed by atoms with Crippen LogP contribution in [0.2, 0.25) is 0 Å². The Hall–Kier alpha value is -2.81. The van der Waals surface area contributed by atoms with Gasteiger partial charge in [0.2, 0.25) is 0 Å². The van der Waals surface area contributed by atoms with E-state index in [9.17, 15) is 4.39 Å². The van der Waals surface area contributed by atoms with Crippen LogP contribution >= 0.6 is 11.8 Å². The number of rotatable bonds is 6. The first kappa shape index (κ1) is 19.5. The van der Waals surface area contributed by atoms with Gasteiger partial charge in [0.1, 0.15) is 12.4 Å². The lowest BCUT2D eigenvalue weighted by atomic mass is 10.2. The fraction of sp³-hybridized carbons (Fsp3) is 0.350. The van der Waals surface area contributed by atoms with Crippen molar-refractivity contribution in [2.24, 2.45) is 7.05 Å². The van der Waals surface area contributed by atoms with E-state index in [0.717, 1.165) is 34.8 Å². The van der Waals surface area contributed by atoms with Gasteiger partial charge in [-0.3, -0.25) is 0 Å². The number of benzene rings is 1. The van der Waals surface area contributed by atoms with Crippen LogP contribution in [0, 0.1) is 5.82 Å². The molecule has 0 amide bonds. The highest BCUT2D eigenvalue weighted by molar-refractivity contribution is 7.98. The lowest BCUT2D eigenvalue weighted by molar-refractivity contribution is 0.245. The van der Waals surface area contributed by atoms with E-state index < -0.39 is 0 Å². The van der Waals surface area contributed by atoms with Gasteiger partial charge in [-0.25, -0.2) is 19.3 Å². The molecule has 0 aliphatic carbocycles. The summed E-state index contributed by atoms with van der Waals surface area (Å²) in [6.07, 6.45) is 4.33. The number of hydrogen-bond acceptors (Lipinski definition) is 7. The van der Waals surface area contributed by atoms with Gasteiger partial charge >= 0.3 is 0 Å². The molecule has 0 fully saturated rings. The fourth-order valence-electron chi connectivity index (χ4n) is 3.19. The van der Waals surface area contributed by atoms with Crippen LogP contribution in [0.5, 0.6) is 5.75 Å². The van der Waals surface area contributed by atoms with Crippen molar-refractivity contribution in [3.63, 3.8) is 0 Å². The molecule has 0 radical (unpaired) electrons. The van der Waals surface area contributed by atoms with Gasteiger partial charge in [0.15, 0.2) is 33.7 Å². The second kappa shape index (κ2) is 8.28. The number of aromatic nitrogens is 4. The van der Waals surface area contributed by atoms with Crippen molar-refractivity contribution in [2.45, 2.75) is 24.3 Å². The molecular formula is C20H22FN5O2S. The van der Waals surface area contributed by atoms with Gasteiger partial charge < -0.3 is 18.9 Å². The fourth-order valence-corrected chi connectivity index (χ4v) is 3.96. The Kier molecular flexibility index (Phi) is 5.57. The number of hydrogen-bond donors (Lipinski definition) is 0. The molecule has 1 aromatic carbocycles. The number of aryl methyl sites for hydroxylation is 2. The van der Waals surface area contributed by atoms with Crippen LogP contribution in [0.4, 0.5) is 10.2 Å². The van der Waals surface area contributed by atoms with Gasteiger partial charge in [-0.15, -0.1) is 0 Å².